The van der Waals surface area contributed by atoms with Crippen LogP contribution in [0.1, 0.15) is 30.9 Å². The molecule has 0 saturated heterocycles. The average Bonchev–Trinajstić information content (AvgIpc) is 2.45. The standard InChI is InChI=1S/C18H20O3/c1-10-7-5-6-8-12(10)15-11(2)16-13(19)9-14(21-4)17(20)18(15,16)3/h5-9,11,15-16H,1-4H3/t11-,15+,16?,18-/m1/s1. The van der Waals surface area contributed by atoms with Crippen molar-refractivity contribution in [2.24, 2.45) is 17.3 Å². The van der Waals surface area contributed by atoms with Crippen molar-refractivity contribution in [1.29, 1.82) is 0 Å². The molecule has 0 aromatic heterocycles. The van der Waals surface area contributed by atoms with E-state index in [-0.39, 0.29) is 35.1 Å². The van der Waals surface area contributed by atoms with Crippen molar-refractivity contribution in [2.45, 2.75) is 26.7 Å². The van der Waals surface area contributed by atoms with E-state index in [0.29, 0.717) is 0 Å². The number of carbonyl (C=O) groups is 2. The van der Waals surface area contributed by atoms with E-state index >= 15 is 0 Å². The highest BCUT2D eigenvalue weighted by atomic mass is 16.5. The summed E-state index contributed by atoms with van der Waals surface area (Å²) < 4.78 is 5.13. The number of carbonyl (C=O) groups excluding carboxylic acids is 2. The van der Waals surface area contributed by atoms with Crippen LogP contribution in [0, 0.1) is 24.2 Å². The van der Waals surface area contributed by atoms with Crippen LogP contribution in [0.2, 0.25) is 0 Å². The highest BCUT2D eigenvalue weighted by molar-refractivity contribution is 6.13. The zero-order valence-corrected chi connectivity index (χ0v) is 12.8. The molecule has 3 rings (SSSR count). The maximum atomic E-state index is 12.8. The van der Waals surface area contributed by atoms with E-state index in [2.05, 4.69) is 26.0 Å². The minimum atomic E-state index is -0.678. The average molecular weight is 284 g/mol. The SMILES string of the molecule is COC1=CC(=O)C2[C@H](C)[C@@H](c3ccccc3C)[C@@]2(C)C1=O. The van der Waals surface area contributed by atoms with Crippen LogP contribution in [-0.2, 0) is 14.3 Å². The van der Waals surface area contributed by atoms with E-state index in [0.717, 1.165) is 0 Å². The van der Waals surface area contributed by atoms with Crippen molar-refractivity contribution in [3.05, 3.63) is 47.2 Å². The summed E-state index contributed by atoms with van der Waals surface area (Å²) in [6.07, 6.45) is 1.37. The number of allylic oxidation sites excluding steroid dienone is 2. The van der Waals surface area contributed by atoms with Gasteiger partial charge in [-0.05, 0) is 24.0 Å². The van der Waals surface area contributed by atoms with Crippen molar-refractivity contribution in [2.75, 3.05) is 7.11 Å². The molecule has 2 aliphatic carbocycles. The van der Waals surface area contributed by atoms with Crippen LogP contribution in [0.4, 0.5) is 0 Å². The maximum Gasteiger partial charge on any atom is 0.204 e. The largest absolute Gasteiger partial charge is 0.493 e. The molecule has 1 aromatic carbocycles. The highest BCUT2D eigenvalue weighted by Crippen LogP contribution is 2.64. The molecule has 1 aromatic rings. The van der Waals surface area contributed by atoms with E-state index in [1.54, 1.807) is 0 Å². The van der Waals surface area contributed by atoms with Gasteiger partial charge in [0.2, 0.25) is 5.78 Å². The molecule has 110 valence electrons. The zero-order valence-electron chi connectivity index (χ0n) is 12.8. The van der Waals surface area contributed by atoms with Gasteiger partial charge in [-0.2, -0.15) is 0 Å². The number of benzene rings is 1. The lowest BCUT2D eigenvalue weighted by molar-refractivity contribution is -0.159. The summed E-state index contributed by atoms with van der Waals surface area (Å²) in [6, 6.07) is 8.12. The second-order valence-electron chi connectivity index (χ2n) is 6.40. The number of fused-ring (bicyclic) bond motifs is 1. The molecule has 2 aliphatic rings. The fourth-order valence-electron chi connectivity index (χ4n) is 4.44. The van der Waals surface area contributed by atoms with E-state index < -0.39 is 5.41 Å². The lowest BCUT2D eigenvalue weighted by Crippen LogP contribution is -2.62. The van der Waals surface area contributed by atoms with Gasteiger partial charge in [-0.3, -0.25) is 9.59 Å². The number of aryl methyl sites for hydroxylation is 1. The number of ether oxygens (including phenoxy) is 1. The first-order valence-corrected chi connectivity index (χ1v) is 7.32. The topological polar surface area (TPSA) is 43.4 Å². The highest BCUT2D eigenvalue weighted by Gasteiger charge is 2.66. The zero-order chi connectivity index (χ0) is 15.4. The van der Waals surface area contributed by atoms with Gasteiger partial charge in [0.1, 0.15) is 0 Å². The molecule has 1 saturated carbocycles. The van der Waals surface area contributed by atoms with Crippen molar-refractivity contribution in [1.82, 2.24) is 0 Å². The molecule has 0 heterocycles. The van der Waals surface area contributed by atoms with Gasteiger partial charge in [-0.25, -0.2) is 0 Å². The van der Waals surface area contributed by atoms with Gasteiger partial charge >= 0.3 is 0 Å². The predicted molar refractivity (Wildman–Crippen MR) is 79.8 cm³/mol. The summed E-state index contributed by atoms with van der Waals surface area (Å²) >= 11 is 0. The summed E-state index contributed by atoms with van der Waals surface area (Å²) in [5.74, 6) is 0.186. The fraction of sp³-hybridized carbons (Fsp3) is 0.444. The van der Waals surface area contributed by atoms with Gasteiger partial charge in [0.05, 0.1) is 12.5 Å². The Morgan fingerprint density at radius 3 is 2.43 bits per heavy atom. The van der Waals surface area contributed by atoms with Gasteiger partial charge in [-0.1, -0.05) is 38.1 Å². The number of hydrogen-bond donors (Lipinski definition) is 0. The first-order valence-electron chi connectivity index (χ1n) is 7.32. The first kappa shape index (κ1) is 14.1. The molecule has 3 heteroatoms. The second-order valence-corrected chi connectivity index (χ2v) is 6.40. The smallest absolute Gasteiger partial charge is 0.204 e. The quantitative estimate of drug-likeness (QED) is 0.838. The van der Waals surface area contributed by atoms with E-state index in [1.165, 1.54) is 24.3 Å². The van der Waals surface area contributed by atoms with Crippen LogP contribution < -0.4 is 0 Å². The number of Topliss-reactive ketones (excluding diaryl/α,β-unsaturated/α-hetero) is 1. The van der Waals surface area contributed by atoms with Gasteiger partial charge in [0, 0.05) is 17.9 Å². The Morgan fingerprint density at radius 1 is 1.14 bits per heavy atom. The van der Waals surface area contributed by atoms with Crippen LogP contribution in [0.5, 0.6) is 0 Å². The molecular formula is C18H20O3. The van der Waals surface area contributed by atoms with Crippen LogP contribution in [0.15, 0.2) is 36.1 Å². The molecule has 4 atom stereocenters. The predicted octanol–water partition coefficient (Wildman–Crippen LogP) is 3.03. The summed E-state index contributed by atoms with van der Waals surface area (Å²) in [4.78, 5) is 25.1. The van der Waals surface area contributed by atoms with Crippen molar-refractivity contribution < 1.29 is 14.3 Å². The summed E-state index contributed by atoms with van der Waals surface area (Å²) in [5, 5.41) is 0. The third-order valence-corrected chi connectivity index (χ3v) is 5.38. The third-order valence-electron chi connectivity index (χ3n) is 5.38. The first-order chi connectivity index (χ1) is 9.92. The monoisotopic (exact) mass is 284 g/mol. The Morgan fingerprint density at radius 2 is 1.81 bits per heavy atom. The Hall–Kier alpha value is -1.90. The molecule has 1 unspecified atom stereocenters. The van der Waals surface area contributed by atoms with Crippen LogP contribution in [0.25, 0.3) is 0 Å². The molecule has 0 aliphatic heterocycles. The molecular weight excluding hydrogens is 264 g/mol. The Labute approximate surface area is 125 Å². The van der Waals surface area contributed by atoms with Crippen molar-refractivity contribution in [3.63, 3.8) is 0 Å². The minimum Gasteiger partial charge on any atom is -0.493 e. The van der Waals surface area contributed by atoms with E-state index in [1.807, 2.05) is 19.1 Å². The van der Waals surface area contributed by atoms with Crippen LogP contribution >= 0.6 is 0 Å². The molecule has 0 N–H and O–H groups in total. The molecule has 0 amide bonds. The maximum absolute atomic E-state index is 12.8. The van der Waals surface area contributed by atoms with E-state index in [4.69, 9.17) is 4.74 Å². The summed E-state index contributed by atoms with van der Waals surface area (Å²) in [5.41, 5.74) is 1.66. The Kier molecular flexibility index (Phi) is 3.05. The summed E-state index contributed by atoms with van der Waals surface area (Å²) in [6.45, 7) is 6.04. The normalized spacial score (nSPS) is 34.9. The molecule has 1 fully saturated rings. The van der Waals surface area contributed by atoms with Crippen LogP contribution in [-0.4, -0.2) is 18.7 Å². The third kappa shape index (κ3) is 1.66. The molecule has 3 nitrogen and oxygen atoms in total. The van der Waals surface area contributed by atoms with Crippen molar-refractivity contribution in [3.8, 4) is 0 Å². The van der Waals surface area contributed by atoms with Gasteiger partial charge in [0.15, 0.2) is 11.5 Å². The van der Waals surface area contributed by atoms with Gasteiger partial charge in [-0.15, -0.1) is 0 Å². The summed E-state index contributed by atoms with van der Waals surface area (Å²) in [7, 11) is 1.45. The molecule has 0 radical (unpaired) electrons. The Bertz CT molecular complexity index is 658. The van der Waals surface area contributed by atoms with Crippen LogP contribution in [0.3, 0.4) is 0 Å². The Balaban J connectivity index is 2.11. The number of rotatable bonds is 2. The lowest BCUT2D eigenvalue weighted by Gasteiger charge is -2.58. The van der Waals surface area contributed by atoms with E-state index in [9.17, 15) is 9.59 Å². The van der Waals surface area contributed by atoms with Crippen molar-refractivity contribution >= 4 is 11.6 Å². The van der Waals surface area contributed by atoms with Gasteiger partial charge < -0.3 is 4.74 Å². The number of methoxy groups -OCH3 is 1. The minimum absolute atomic E-state index is 0.0197. The fourth-order valence-corrected chi connectivity index (χ4v) is 4.44. The molecule has 0 bridgehead atoms. The molecule has 21 heavy (non-hydrogen) atoms. The molecule has 0 spiro atoms. The number of hydrogen-bond acceptors (Lipinski definition) is 3. The second kappa shape index (κ2) is 4.55. The van der Waals surface area contributed by atoms with Gasteiger partial charge in [0.25, 0.3) is 0 Å². The number of ketones is 2. The lowest BCUT2D eigenvalue weighted by atomic mass is 9.42.